The van der Waals surface area contributed by atoms with Gasteiger partial charge in [-0.2, -0.15) is 0 Å². The topological polar surface area (TPSA) is 66.5 Å². The van der Waals surface area contributed by atoms with Gasteiger partial charge in [-0.25, -0.2) is 13.1 Å². The van der Waals surface area contributed by atoms with Crippen LogP contribution in [0, 0.1) is 0 Å². The van der Waals surface area contributed by atoms with Crippen LogP contribution in [0.3, 0.4) is 0 Å². The van der Waals surface area contributed by atoms with E-state index in [1.165, 1.54) is 16.9 Å². The van der Waals surface area contributed by atoms with E-state index in [1.807, 2.05) is 35.2 Å². The lowest BCUT2D eigenvalue weighted by Gasteiger charge is -2.32. The highest BCUT2D eigenvalue weighted by Gasteiger charge is 2.27. The number of sulfonamides is 1. The van der Waals surface area contributed by atoms with Crippen molar-refractivity contribution in [1.29, 1.82) is 0 Å². The van der Waals surface area contributed by atoms with Crippen LogP contribution in [0.1, 0.15) is 37.7 Å². The summed E-state index contributed by atoms with van der Waals surface area (Å²) in [5, 5.41) is 1.75. The van der Waals surface area contributed by atoms with Gasteiger partial charge in [0.05, 0.1) is 0 Å². The normalized spacial score (nSPS) is 17.2. The molecule has 0 bridgehead atoms. The SMILES string of the molecule is CC(CC(=O)N1CCC(NS(=O)(=O)c2cccs2)CC1)c1ccccc1. The number of carbonyl (C=O) groups excluding carboxylic acids is 1. The summed E-state index contributed by atoms with van der Waals surface area (Å²) in [4.78, 5) is 14.4. The number of carbonyl (C=O) groups is 1. The van der Waals surface area contributed by atoms with Gasteiger partial charge in [0.1, 0.15) is 4.21 Å². The minimum absolute atomic E-state index is 0.113. The maximum absolute atomic E-state index is 12.5. The molecule has 1 aromatic heterocycles. The molecule has 1 aromatic carbocycles. The Labute approximate surface area is 159 Å². The lowest BCUT2D eigenvalue weighted by Crippen LogP contribution is -2.46. The van der Waals surface area contributed by atoms with E-state index in [-0.39, 0.29) is 17.9 Å². The Hall–Kier alpha value is -1.70. The number of hydrogen-bond donors (Lipinski definition) is 1. The van der Waals surface area contributed by atoms with Gasteiger partial charge in [-0.1, -0.05) is 43.3 Å². The van der Waals surface area contributed by atoms with Crippen molar-refractivity contribution in [3.05, 3.63) is 53.4 Å². The maximum atomic E-state index is 12.5. The van der Waals surface area contributed by atoms with Gasteiger partial charge >= 0.3 is 0 Å². The average molecular weight is 393 g/mol. The molecule has 1 aliphatic heterocycles. The van der Waals surface area contributed by atoms with Gasteiger partial charge in [-0.3, -0.25) is 4.79 Å². The van der Waals surface area contributed by atoms with Gasteiger partial charge in [0.15, 0.2) is 0 Å². The van der Waals surface area contributed by atoms with Crippen LogP contribution in [0.5, 0.6) is 0 Å². The van der Waals surface area contributed by atoms with E-state index >= 15 is 0 Å². The smallest absolute Gasteiger partial charge is 0.250 e. The van der Waals surface area contributed by atoms with Crippen LogP contribution in [0.15, 0.2) is 52.1 Å². The van der Waals surface area contributed by atoms with Crippen molar-refractivity contribution >= 4 is 27.3 Å². The summed E-state index contributed by atoms with van der Waals surface area (Å²) in [6.45, 7) is 3.26. The monoisotopic (exact) mass is 392 g/mol. The number of nitrogens with zero attached hydrogens (tertiary/aromatic N) is 1. The van der Waals surface area contributed by atoms with Crippen molar-refractivity contribution in [1.82, 2.24) is 9.62 Å². The molecule has 7 heteroatoms. The first-order chi connectivity index (χ1) is 12.5. The highest BCUT2D eigenvalue weighted by atomic mass is 32.2. The molecule has 0 saturated carbocycles. The van der Waals surface area contributed by atoms with E-state index in [0.29, 0.717) is 36.6 Å². The molecule has 0 radical (unpaired) electrons. The van der Waals surface area contributed by atoms with Gasteiger partial charge in [0.25, 0.3) is 0 Å². The second-order valence-electron chi connectivity index (χ2n) is 6.72. The van der Waals surface area contributed by atoms with Crippen molar-refractivity contribution in [2.45, 2.75) is 42.4 Å². The zero-order valence-electron chi connectivity index (χ0n) is 14.8. The molecule has 140 valence electrons. The first-order valence-electron chi connectivity index (χ1n) is 8.84. The molecule has 5 nitrogen and oxygen atoms in total. The maximum Gasteiger partial charge on any atom is 0.250 e. The molecule has 2 aromatic rings. The molecule has 1 saturated heterocycles. The lowest BCUT2D eigenvalue weighted by molar-refractivity contribution is -0.132. The summed E-state index contributed by atoms with van der Waals surface area (Å²) in [5.74, 6) is 0.319. The van der Waals surface area contributed by atoms with Crippen molar-refractivity contribution in [2.75, 3.05) is 13.1 Å². The molecule has 0 aliphatic carbocycles. The Morgan fingerprint density at radius 1 is 1.19 bits per heavy atom. The van der Waals surface area contributed by atoms with Crippen molar-refractivity contribution < 1.29 is 13.2 Å². The second kappa shape index (κ2) is 8.33. The predicted molar refractivity (Wildman–Crippen MR) is 104 cm³/mol. The first kappa shape index (κ1) is 19.1. The van der Waals surface area contributed by atoms with E-state index in [2.05, 4.69) is 11.6 Å². The van der Waals surface area contributed by atoms with Gasteiger partial charge in [-0.05, 0) is 35.8 Å². The standard InChI is InChI=1S/C19H24N2O3S2/c1-15(16-6-3-2-4-7-16)14-18(22)21-11-9-17(10-12-21)20-26(23,24)19-8-5-13-25-19/h2-8,13,15,17,20H,9-12,14H2,1H3. The molecule has 0 spiro atoms. The zero-order valence-corrected chi connectivity index (χ0v) is 16.4. The molecule has 1 aliphatic rings. The summed E-state index contributed by atoms with van der Waals surface area (Å²) < 4.78 is 27.7. The summed E-state index contributed by atoms with van der Waals surface area (Å²) in [6.07, 6.45) is 1.78. The molecule has 1 atom stereocenters. The fourth-order valence-corrected chi connectivity index (χ4v) is 5.55. The van der Waals surface area contributed by atoms with Gasteiger partial charge in [0.2, 0.25) is 15.9 Å². The molecular weight excluding hydrogens is 368 g/mol. The quantitative estimate of drug-likeness (QED) is 0.821. The number of benzene rings is 1. The first-order valence-corrected chi connectivity index (χ1v) is 11.2. The van der Waals surface area contributed by atoms with Gasteiger partial charge < -0.3 is 4.90 Å². The third-order valence-corrected chi connectivity index (χ3v) is 7.70. The van der Waals surface area contributed by atoms with E-state index in [1.54, 1.807) is 17.5 Å². The minimum Gasteiger partial charge on any atom is -0.343 e. The number of likely N-dealkylation sites (tertiary alicyclic amines) is 1. The van der Waals surface area contributed by atoms with Crippen LogP contribution in [0.4, 0.5) is 0 Å². The fourth-order valence-electron chi connectivity index (χ4n) is 3.23. The molecular formula is C19H24N2O3S2. The van der Waals surface area contributed by atoms with Crippen LogP contribution in [0.2, 0.25) is 0 Å². The predicted octanol–water partition coefficient (Wildman–Crippen LogP) is 3.21. The number of thiophene rings is 1. The van der Waals surface area contributed by atoms with Crippen LogP contribution in [0.25, 0.3) is 0 Å². The highest BCUT2D eigenvalue weighted by molar-refractivity contribution is 7.91. The summed E-state index contributed by atoms with van der Waals surface area (Å²) >= 11 is 1.21. The minimum atomic E-state index is -3.44. The Kier molecular flexibility index (Phi) is 6.11. The molecule has 1 fully saturated rings. The van der Waals surface area contributed by atoms with Crippen LogP contribution in [-0.4, -0.2) is 38.4 Å². The summed E-state index contributed by atoms with van der Waals surface area (Å²) in [7, 11) is -3.44. The van der Waals surface area contributed by atoms with Gasteiger partial charge in [0, 0.05) is 25.6 Å². The van der Waals surface area contributed by atoms with E-state index < -0.39 is 10.0 Å². The molecule has 1 unspecified atom stereocenters. The zero-order chi connectivity index (χ0) is 18.6. The van der Waals surface area contributed by atoms with E-state index in [9.17, 15) is 13.2 Å². The Bertz CT molecular complexity index is 812. The number of rotatable bonds is 6. The molecule has 2 heterocycles. The highest BCUT2D eigenvalue weighted by Crippen LogP contribution is 2.22. The third-order valence-electron chi connectivity index (χ3n) is 4.78. The fraction of sp³-hybridized carbons (Fsp3) is 0.421. The lowest BCUT2D eigenvalue weighted by atomic mass is 9.96. The van der Waals surface area contributed by atoms with Crippen LogP contribution < -0.4 is 4.72 Å². The number of hydrogen-bond acceptors (Lipinski definition) is 4. The molecule has 1 amide bonds. The number of amides is 1. The Morgan fingerprint density at radius 3 is 2.50 bits per heavy atom. The number of nitrogens with one attached hydrogen (secondary N) is 1. The largest absolute Gasteiger partial charge is 0.343 e. The number of piperidine rings is 1. The van der Waals surface area contributed by atoms with E-state index in [4.69, 9.17) is 0 Å². The van der Waals surface area contributed by atoms with Crippen molar-refractivity contribution in [2.24, 2.45) is 0 Å². The Morgan fingerprint density at radius 2 is 1.88 bits per heavy atom. The summed E-state index contributed by atoms with van der Waals surface area (Å²) in [5.41, 5.74) is 1.17. The molecule has 3 rings (SSSR count). The van der Waals surface area contributed by atoms with Gasteiger partial charge in [-0.15, -0.1) is 11.3 Å². The molecule has 1 N–H and O–H groups in total. The average Bonchev–Trinajstić information content (AvgIpc) is 3.18. The molecule has 26 heavy (non-hydrogen) atoms. The second-order valence-corrected chi connectivity index (χ2v) is 9.61. The van der Waals surface area contributed by atoms with Crippen LogP contribution >= 0.6 is 11.3 Å². The van der Waals surface area contributed by atoms with Crippen molar-refractivity contribution in [3.8, 4) is 0 Å². The Balaban J connectivity index is 1.50. The van der Waals surface area contributed by atoms with E-state index in [0.717, 1.165) is 0 Å². The third kappa shape index (κ3) is 4.72. The van der Waals surface area contributed by atoms with Crippen molar-refractivity contribution in [3.63, 3.8) is 0 Å². The summed E-state index contributed by atoms with van der Waals surface area (Å²) in [6, 6.07) is 13.3. The van der Waals surface area contributed by atoms with Crippen LogP contribution in [-0.2, 0) is 14.8 Å².